The summed E-state index contributed by atoms with van der Waals surface area (Å²) in [6, 6.07) is 0. The molecular formula is C12H20N2. The number of hydrogen-bond donors (Lipinski definition) is 1. The van der Waals surface area contributed by atoms with E-state index in [-0.39, 0.29) is 5.54 Å². The zero-order valence-corrected chi connectivity index (χ0v) is 9.21. The molecule has 0 radical (unpaired) electrons. The van der Waals surface area contributed by atoms with Gasteiger partial charge < -0.3 is 5.32 Å². The van der Waals surface area contributed by atoms with Crippen molar-refractivity contribution in [2.75, 3.05) is 6.54 Å². The second kappa shape index (κ2) is 3.85. The summed E-state index contributed by atoms with van der Waals surface area (Å²) < 4.78 is 0. The number of nitrogens with zero attached hydrogens (tertiary/aromatic N) is 1. The number of nitrogens with one attached hydrogen (secondary N) is 1. The van der Waals surface area contributed by atoms with Gasteiger partial charge in [-0.05, 0) is 50.6 Å². The molecule has 0 aliphatic carbocycles. The first kappa shape index (κ1) is 9.91. The number of aliphatic imine (C=N–C) groups is 1. The summed E-state index contributed by atoms with van der Waals surface area (Å²) in [6.07, 6.45) is 8.96. The third-order valence-corrected chi connectivity index (χ3v) is 3.83. The number of rotatable bonds is 0. The molecule has 2 aliphatic rings. The highest BCUT2D eigenvalue weighted by Crippen LogP contribution is 2.35. The van der Waals surface area contributed by atoms with E-state index in [1.54, 1.807) is 0 Å². The molecule has 2 heterocycles. The van der Waals surface area contributed by atoms with Crippen LogP contribution in [0.5, 0.6) is 0 Å². The number of hydrogen-bond acceptors (Lipinski definition) is 2. The lowest BCUT2D eigenvalue weighted by Gasteiger charge is -2.42. The van der Waals surface area contributed by atoms with Gasteiger partial charge in [0.15, 0.2) is 0 Å². The Hall–Kier alpha value is -0.630. The van der Waals surface area contributed by atoms with Gasteiger partial charge in [-0.2, -0.15) is 0 Å². The Labute approximate surface area is 86.5 Å². The fourth-order valence-electron chi connectivity index (χ4n) is 2.52. The lowest BCUT2D eigenvalue weighted by Crippen LogP contribution is -2.52. The van der Waals surface area contributed by atoms with Gasteiger partial charge in [0.25, 0.3) is 0 Å². The van der Waals surface area contributed by atoms with Crippen molar-refractivity contribution in [1.29, 1.82) is 0 Å². The second-order valence-electron chi connectivity index (χ2n) is 4.70. The van der Waals surface area contributed by atoms with Gasteiger partial charge in [-0.1, -0.05) is 6.92 Å². The molecule has 0 spiro atoms. The topological polar surface area (TPSA) is 24.4 Å². The standard InChI is InChI=1S/C12H20N2/c1-10-5-3-7-13-9-11-6-4-8-14-12(10,11)2/h7,9-10,14H,3-6,8H2,1-2H3/b11-9-,13-7?. The fourth-order valence-corrected chi connectivity index (χ4v) is 2.52. The number of piperidine rings is 1. The predicted molar refractivity (Wildman–Crippen MR) is 60.6 cm³/mol. The predicted octanol–water partition coefficient (Wildman–Crippen LogP) is 2.51. The molecule has 2 rings (SSSR count). The van der Waals surface area contributed by atoms with Gasteiger partial charge in [0.05, 0.1) is 0 Å². The Morgan fingerprint density at radius 2 is 2.43 bits per heavy atom. The van der Waals surface area contributed by atoms with E-state index in [2.05, 4.69) is 36.6 Å². The molecule has 2 nitrogen and oxygen atoms in total. The highest BCUT2D eigenvalue weighted by atomic mass is 15.0. The van der Waals surface area contributed by atoms with Crippen molar-refractivity contribution in [2.24, 2.45) is 10.9 Å². The molecular weight excluding hydrogens is 172 g/mol. The third kappa shape index (κ3) is 1.63. The van der Waals surface area contributed by atoms with Crippen LogP contribution in [0.3, 0.4) is 0 Å². The van der Waals surface area contributed by atoms with Crippen molar-refractivity contribution >= 4 is 6.21 Å². The van der Waals surface area contributed by atoms with Crippen LogP contribution in [0.25, 0.3) is 0 Å². The molecule has 1 saturated heterocycles. The van der Waals surface area contributed by atoms with E-state index in [4.69, 9.17) is 0 Å². The van der Waals surface area contributed by atoms with E-state index >= 15 is 0 Å². The number of fused-ring (bicyclic) bond motifs is 1. The van der Waals surface area contributed by atoms with E-state index in [1.807, 2.05) is 0 Å². The van der Waals surface area contributed by atoms with Crippen LogP contribution in [0.4, 0.5) is 0 Å². The molecule has 1 fully saturated rings. The first-order valence-corrected chi connectivity index (χ1v) is 5.69. The average Bonchev–Trinajstić information content (AvgIpc) is 2.17. The normalized spacial score (nSPS) is 41.9. The monoisotopic (exact) mass is 192 g/mol. The summed E-state index contributed by atoms with van der Waals surface area (Å²) in [5, 5.41) is 3.67. The molecule has 0 saturated carbocycles. The summed E-state index contributed by atoms with van der Waals surface area (Å²) in [5.74, 6) is 0.709. The Balaban J connectivity index is 2.31. The average molecular weight is 192 g/mol. The minimum Gasteiger partial charge on any atom is -0.308 e. The maximum absolute atomic E-state index is 4.37. The first-order valence-electron chi connectivity index (χ1n) is 5.69. The Kier molecular flexibility index (Phi) is 2.73. The van der Waals surface area contributed by atoms with E-state index < -0.39 is 0 Å². The zero-order chi connectivity index (χ0) is 10.0. The van der Waals surface area contributed by atoms with E-state index in [0.717, 1.165) is 13.0 Å². The van der Waals surface area contributed by atoms with Crippen LogP contribution in [-0.2, 0) is 0 Å². The molecule has 0 bridgehead atoms. The largest absolute Gasteiger partial charge is 0.308 e. The summed E-state index contributed by atoms with van der Waals surface area (Å²) in [6.45, 7) is 5.84. The van der Waals surface area contributed by atoms with Crippen LogP contribution in [0.15, 0.2) is 16.8 Å². The van der Waals surface area contributed by atoms with E-state index in [1.165, 1.54) is 24.8 Å². The van der Waals surface area contributed by atoms with Gasteiger partial charge in [-0.25, -0.2) is 0 Å². The van der Waals surface area contributed by atoms with Crippen LogP contribution in [0, 0.1) is 5.92 Å². The molecule has 2 aliphatic heterocycles. The highest BCUT2D eigenvalue weighted by Gasteiger charge is 2.36. The highest BCUT2D eigenvalue weighted by molar-refractivity contribution is 5.58. The minimum absolute atomic E-state index is 0.204. The van der Waals surface area contributed by atoms with Gasteiger partial charge in [0, 0.05) is 18.0 Å². The molecule has 2 heteroatoms. The minimum atomic E-state index is 0.204. The molecule has 0 aromatic rings. The first-order chi connectivity index (χ1) is 6.73. The molecule has 0 aromatic heterocycles. The maximum Gasteiger partial charge on any atom is 0.0409 e. The molecule has 0 aromatic carbocycles. The van der Waals surface area contributed by atoms with Gasteiger partial charge >= 0.3 is 0 Å². The summed E-state index contributed by atoms with van der Waals surface area (Å²) >= 11 is 0. The quantitative estimate of drug-likeness (QED) is 0.626. The molecule has 1 N–H and O–H groups in total. The molecule has 2 atom stereocenters. The fraction of sp³-hybridized carbons (Fsp3) is 0.750. The van der Waals surface area contributed by atoms with Crippen molar-refractivity contribution in [1.82, 2.24) is 5.32 Å². The zero-order valence-electron chi connectivity index (χ0n) is 9.21. The maximum atomic E-state index is 4.37. The SMILES string of the molecule is CC1CCC=N/C=C2/CCCNC21C. The van der Waals surface area contributed by atoms with Crippen molar-refractivity contribution in [3.63, 3.8) is 0 Å². The summed E-state index contributed by atoms with van der Waals surface area (Å²) in [5.41, 5.74) is 1.70. The third-order valence-electron chi connectivity index (χ3n) is 3.83. The Morgan fingerprint density at radius 3 is 3.29 bits per heavy atom. The lowest BCUT2D eigenvalue weighted by atomic mass is 9.74. The summed E-state index contributed by atoms with van der Waals surface area (Å²) in [4.78, 5) is 4.37. The van der Waals surface area contributed by atoms with Crippen molar-refractivity contribution < 1.29 is 0 Å². The van der Waals surface area contributed by atoms with Crippen molar-refractivity contribution in [3.05, 3.63) is 11.8 Å². The molecule has 0 amide bonds. The molecule has 2 unspecified atom stereocenters. The van der Waals surface area contributed by atoms with Gasteiger partial charge in [0.1, 0.15) is 0 Å². The van der Waals surface area contributed by atoms with Crippen molar-refractivity contribution in [3.8, 4) is 0 Å². The van der Waals surface area contributed by atoms with Gasteiger partial charge in [0.2, 0.25) is 0 Å². The van der Waals surface area contributed by atoms with Gasteiger partial charge in [-0.3, -0.25) is 4.99 Å². The van der Waals surface area contributed by atoms with Crippen LogP contribution >= 0.6 is 0 Å². The van der Waals surface area contributed by atoms with Gasteiger partial charge in [-0.15, -0.1) is 0 Å². The second-order valence-corrected chi connectivity index (χ2v) is 4.70. The van der Waals surface area contributed by atoms with Crippen molar-refractivity contribution in [2.45, 2.75) is 45.1 Å². The Bertz CT molecular complexity index is 267. The van der Waals surface area contributed by atoms with Crippen LogP contribution in [-0.4, -0.2) is 18.3 Å². The van der Waals surface area contributed by atoms with Crippen LogP contribution in [0.1, 0.15) is 39.5 Å². The van der Waals surface area contributed by atoms with E-state index in [9.17, 15) is 0 Å². The van der Waals surface area contributed by atoms with Crippen LogP contribution < -0.4 is 5.32 Å². The smallest absolute Gasteiger partial charge is 0.0409 e. The van der Waals surface area contributed by atoms with Crippen LogP contribution in [0.2, 0.25) is 0 Å². The lowest BCUT2D eigenvalue weighted by molar-refractivity contribution is 0.250. The molecule has 14 heavy (non-hydrogen) atoms. The summed E-state index contributed by atoms with van der Waals surface area (Å²) in [7, 11) is 0. The molecule has 78 valence electrons. The Morgan fingerprint density at radius 1 is 1.57 bits per heavy atom. The van der Waals surface area contributed by atoms with E-state index in [0.29, 0.717) is 5.92 Å².